The maximum Gasteiger partial charge on any atom is 0.416 e. The van der Waals surface area contributed by atoms with Gasteiger partial charge in [-0.1, -0.05) is 36.1 Å². The summed E-state index contributed by atoms with van der Waals surface area (Å²) in [6.45, 7) is 4.24. The minimum absolute atomic E-state index is 0.201. The molecule has 2 saturated heterocycles. The van der Waals surface area contributed by atoms with Gasteiger partial charge in [-0.3, -0.25) is 14.6 Å². The van der Waals surface area contributed by atoms with Crippen LogP contribution in [0.5, 0.6) is 0 Å². The van der Waals surface area contributed by atoms with Gasteiger partial charge in [0.2, 0.25) is 0 Å². The van der Waals surface area contributed by atoms with Crippen LogP contribution in [0.25, 0.3) is 6.08 Å². The zero-order valence-electron chi connectivity index (χ0n) is 13.8. The van der Waals surface area contributed by atoms with Gasteiger partial charge in [-0.2, -0.15) is 13.2 Å². The summed E-state index contributed by atoms with van der Waals surface area (Å²) in [7, 11) is 0. The normalized spacial score (nSPS) is 21.0. The number of amides is 1. The Morgan fingerprint density at radius 1 is 1.15 bits per heavy atom. The van der Waals surface area contributed by atoms with E-state index in [0.29, 0.717) is 41.1 Å². The fourth-order valence-electron chi connectivity index (χ4n) is 2.68. The molecule has 0 bridgehead atoms. The molecule has 2 aliphatic heterocycles. The largest absolute Gasteiger partial charge is 0.416 e. The Labute approximate surface area is 159 Å². The molecule has 2 aliphatic rings. The number of hydrogen-bond acceptors (Lipinski definition) is 5. The van der Waals surface area contributed by atoms with E-state index in [-0.39, 0.29) is 5.91 Å². The van der Waals surface area contributed by atoms with Crippen LogP contribution in [0.15, 0.2) is 29.2 Å². The second-order valence-corrected chi connectivity index (χ2v) is 7.58. The van der Waals surface area contributed by atoms with Gasteiger partial charge in [0.1, 0.15) is 4.32 Å². The van der Waals surface area contributed by atoms with Crippen molar-refractivity contribution in [3.63, 3.8) is 0 Å². The quantitative estimate of drug-likeness (QED) is 0.570. The highest BCUT2D eigenvalue weighted by Crippen LogP contribution is 2.33. The summed E-state index contributed by atoms with van der Waals surface area (Å²) >= 11 is 6.46. The summed E-state index contributed by atoms with van der Waals surface area (Å²) in [5.74, 6) is -0.201. The molecular formula is C17H17F3N2O2S2. The molecule has 0 aromatic heterocycles. The number of carbonyl (C=O) groups excluding carboxylic acids is 1. The van der Waals surface area contributed by atoms with E-state index in [9.17, 15) is 18.0 Å². The zero-order chi connectivity index (χ0) is 18.7. The van der Waals surface area contributed by atoms with E-state index in [4.69, 9.17) is 17.0 Å². The van der Waals surface area contributed by atoms with Gasteiger partial charge in [0.05, 0.1) is 23.7 Å². The first kappa shape index (κ1) is 19.3. The third-order valence-corrected chi connectivity index (χ3v) is 5.53. The Bertz CT molecular complexity index is 714. The predicted molar refractivity (Wildman–Crippen MR) is 98.6 cm³/mol. The lowest BCUT2D eigenvalue weighted by Crippen LogP contribution is -2.42. The minimum atomic E-state index is -4.37. The summed E-state index contributed by atoms with van der Waals surface area (Å²) < 4.78 is 43.6. The van der Waals surface area contributed by atoms with Crippen molar-refractivity contribution in [1.82, 2.24) is 9.80 Å². The van der Waals surface area contributed by atoms with E-state index in [0.717, 1.165) is 25.2 Å². The van der Waals surface area contributed by atoms with E-state index < -0.39 is 11.7 Å². The summed E-state index contributed by atoms with van der Waals surface area (Å²) in [6.07, 6.45) is -2.80. The molecule has 0 saturated carbocycles. The Morgan fingerprint density at radius 3 is 2.42 bits per heavy atom. The van der Waals surface area contributed by atoms with Crippen molar-refractivity contribution < 1.29 is 22.7 Å². The lowest BCUT2D eigenvalue weighted by Gasteiger charge is -2.28. The van der Waals surface area contributed by atoms with Gasteiger partial charge in [-0.05, 0) is 23.8 Å². The molecule has 2 fully saturated rings. The number of benzene rings is 1. The molecule has 26 heavy (non-hydrogen) atoms. The fourth-order valence-corrected chi connectivity index (χ4v) is 3.99. The van der Waals surface area contributed by atoms with Crippen LogP contribution in [0.2, 0.25) is 0 Å². The van der Waals surface area contributed by atoms with Crippen molar-refractivity contribution in [1.29, 1.82) is 0 Å². The smallest absolute Gasteiger partial charge is 0.379 e. The fraction of sp³-hybridized carbons (Fsp3) is 0.412. The van der Waals surface area contributed by atoms with Gasteiger partial charge in [0, 0.05) is 26.2 Å². The topological polar surface area (TPSA) is 32.8 Å². The first-order valence-corrected chi connectivity index (χ1v) is 9.30. The standard InChI is InChI=1S/C17H17F3N2O2S2/c18-17(19,20)13-3-1-12(2-4-13)11-14-15(23)22(16(25)26-14)6-5-21-7-9-24-10-8-21/h1-4,11H,5-10H2/b14-11-. The molecule has 0 spiro atoms. The number of nitrogens with zero attached hydrogens (tertiary/aromatic N) is 2. The van der Waals surface area contributed by atoms with E-state index >= 15 is 0 Å². The van der Waals surface area contributed by atoms with Crippen molar-refractivity contribution in [3.8, 4) is 0 Å². The molecule has 3 rings (SSSR count). The highest BCUT2D eigenvalue weighted by molar-refractivity contribution is 8.26. The molecule has 140 valence electrons. The Kier molecular flexibility index (Phi) is 6.01. The van der Waals surface area contributed by atoms with Crippen LogP contribution < -0.4 is 0 Å². The third-order valence-electron chi connectivity index (χ3n) is 4.15. The van der Waals surface area contributed by atoms with Gasteiger partial charge >= 0.3 is 6.18 Å². The van der Waals surface area contributed by atoms with Crippen LogP contribution in [0.4, 0.5) is 13.2 Å². The van der Waals surface area contributed by atoms with Gasteiger partial charge in [0.25, 0.3) is 5.91 Å². The predicted octanol–water partition coefficient (Wildman–Crippen LogP) is 3.24. The highest BCUT2D eigenvalue weighted by atomic mass is 32.2. The first-order valence-electron chi connectivity index (χ1n) is 8.07. The van der Waals surface area contributed by atoms with Crippen LogP contribution in [0.1, 0.15) is 11.1 Å². The number of morpholine rings is 1. The van der Waals surface area contributed by atoms with E-state index in [2.05, 4.69) is 4.90 Å². The Hall–Kier alpha value is -1.42. The van der Waals surface area contributed by atoms with Crippen molar-refractivity contribution in [3.05, 3.63) is 40.3 Å². The molecular weight excluding hydrogens is 385 g/mol. The Balaban J connectivity index is 1.64. The summed E-state index contributed by atoms with van der Waals surface area (Å²) in [4.78, 5) is 16.7. The zero-order valence-corrected chi connectivity index (χ0v) is 15.4. The average molecular weight is 402 g/mol. The number of rotatable bonds is 4. The molecule has 0 unspecified atom stereocenters. The van der Waals surface area contributed by atoms with Crippen molar-refractivity contribution in [2.24, 2.45) is 0 Å². The third kappa shape index (κ3) is 4.64. The maximum absolute atomic E-state index is 12.6. The number of ether oxygens (including phenoxy) is 1. The Morgan fingerprint density at radius 2 is 1.81 bits per heavy atom. The van der Waals surface area contributed by atoms with Gasteiger partial charge < -0.3 is 4.74 Å². The maximum atomic E-state index is 12.6. The van der Waals surface area contributed by atoms with Gasteiger partial charge in [0.15, 0.2) is 0 Å². The molecule has 0 N–H and O–H groups in total. The number of alkyl halides is 3. The monoisotopic (exact) mass is 402 g/mol. The molecule has 0 atom stereocenters. The van der Waals surface area contributed by atoms with Gasteiger partial charge in [-0.25, -0.2) is 0 Å². The summed E-state index contributed by atoms with van der Waals surface area (Å²) in [5.41, 5.74) is -0.181. The van der Waals surface area contributed by atoms with Crippen molar-refractivity contribution in [2.75, 3.05) is 39.4 Å². The van der Waals surface area contributed by atoms with Gasteiger partial charge in [-0.15, -0.1) is 0 Å². The summed E-state index contributed by atoms with van der Waals surface area (Å²) in [6, 6.07) is 4.71. The number of thioether (sulfide) groups is 1. The highest BCUT2D eigenvalue weighted by Gasteiger charge is 2.33. The molecule has 1 aromatic rings. The van der Waals surface area contributed by atoms with E-state index in [1.165, 1.54) is 23.9 Å². The second-order valence-electron chi connectivity index (χ2n) is 5.91. The summed E-state index contributed by atoms with van der Waals surface area (Å²) in [5, 5.41) is 0. The number of halogens is 3. The molecule has 1 aromatic carbocycles. The van der Waals surface area contributed by atoms with Crippen LogP contribution >= 0.6 is 24.0 Å². The van der Waals surface area contributed by atoms with Crippen molar-refractivity contribution in [2.45, 2.75) is 6.18 Å². The van der Waals surface area contributed by atoms with E-state index in [1.807, 2.05) is 0 Å². The number of thiocarbonyl (C=S) groups is 1. The van der Waals surface area contributed by atoms with Crippen LogP contribution in [0.3, 0.4) is 0 Å². The minimum Gasteiger partial charge on any atom is -0.379 e. The first-order chi connectivity index (χ1) is 12.3. The molecule has 0 radical (unpaired) electrons. The van der Waals surface area contributed by atoms with Crippen molar-refractivity contribution >= 4 is 40.3 Å². The lowest BCUT2D eigenvalue weighted by molar-refractivity contribution is -0.137. The molecule has 4 nitrogen and oxygen atoms in total. The van der Waals surface area contributed by atoms with Crippen LogP contribution in [0, 0.1) is 0 Å². The number of hydrogen-bond donors (Lipinski definition) is 0. The van der Waals surface area contributed by atoms with Crippen LogP contribution in [-0.2, 0) is 15.7 Å². The molecule has 0 aliphatic carbocycles. The lowest BCUT2D eigenvalue weighted by atomic mass is 10.1. The van der Waals surface area contributed by atoms with Crippen LogP contribution in [-0.4, -0.2) is 59.4 Å². The second kappa shape index (κ2) is 8.08. The SMILES string of the molecule is O=C1/C(=C/c2ccc(C(F)(F)F)cc2)SC(=S)N1CCN1CCOCC1. The molecule has 9 heteroatoms. The molecule has 1 amide bonds. The average Bonchev–Trinajstić information content (AvgIpc) is 2.87. The molecule has 2 heterocycles. The number of carbonyl (C=O) groups is 1. The van der Waals surface area contributed by atoms with E-state index in [1.54, 1.807) is 11.0 Å².